The van der Waals surface area contributed by atoms with Crippen molar-refractivity contribution in [2.45, 2.75) is 96.3 Å². The van der Waals surface area contributed by atoms with E-state index in [0.29, 0.717) is 19.3 Å². The maximum Gasteiger partial charge on any atom is 0.248 e. The molecule has 0 rings (SSSR count). The van der Waals surface area contributed by atoms with Gasteiger partial charge < -0.3 is 4.79 Å². The monoisotopic (exact) mass is 276 g/mol. The Kier molecular flexibility index (Phi) is 12.2. The molecular weight excluding hydrogens is 246 g/mol. The lowest BCUT2D eigenvalue weighted by atomic mass is 10.0. The van der Waals surface area contributed by atoms with Gasteiger partial charge in [0.15, 0.2) is 0 Å². The van der Waals surface area contributed by atoms with Gasteiger partial charge >= 0.3 is 0 Å². The van der Waals surface area contributed by atoms with Crippen LogP contribution in [-0.2, 0) is 4.79 Å². The Bertz CT molecular complexity index is 205. The highest BCUT2D eigenvalue weighted by Crippen LogP contribution is 2.28. The van der Waals surface area contributed by atoms with Crippen LogP contribution in [0.2, 0.25) is 0 Å². The van der Waals surface area contributed by atoms with Gasteiger partial charge in [0, 0.05) is 19.3 Å². The van der Waals surface area contributed by atoms with Crippen LogP contribution < -0.4 is 0 Å². The Hall–Kier alpha value is -0.470. The molecule has 0 atom stereocenters. The normalized spacial score (nSPS) is 11.7. The molecule has 0 heterocycles. The lowest BCUT2D eigenvalue weighted by molar-refractivity contribution is -0.107. The van der Waals surface area contributed by atoms with E-state index in [1.807, 2.05) is 0 Å². The summed E-state index contributed by atoms with van der Waals surface area (Å²) in [5.74, 6) is -2.46. The van der Waals surface area contributed by atoms with E-state index in [9.17, 15) is 13.6 Å². The maximum absolute atomic E-state index is 13.5. The lowest BCUT2D eigenvalue weighted by Crippen LogP contribution is -2.15. The Balaban J connectivity index is 3.37. The molecule has 0 radical (unpaired) electrons. The van der Waals surface area contributed by atoms with Gasteiger partial charge in [0.25, 0.3) is 0 Å². The van der Waals surface area contributed by atoms with Crippen molar-refractivity contribution in [3.05, 3.63) is 0 Å². The van der Waals surface area contributed by atoms with Gasteiger partial charge in [0.2, 0.25) is 5.92 Å². The summed E-state index contributed by atoms with van der Waals surface area (Å²) >= 11 is 0. The van der Waals surface area contributed by atoms with Gasteiger partial charge in [-0.25, -0.2) is 8.78 Å². The van der Waals surface area contributed by atoms with Crippen molar-refractivity contribution in [3.8, 4) is 0 Å². The fourth-order valence-corrected chi connectivity index (χ4v) is 2.25. The van der Waals surface area contributed by atoms with Crippen LogP contribution in [0.3, 0.4) is 0 Å². The number of halogens is 2. The van der Waals surface area contributed by atoms with Crippen LogP contribution >= 0.6 is 0 Å². The number of hydrogen-bond donors (Lipinski definition) is 0. The first-order chi connectivity index (χ1) is 9.12. The second kappa shape index (κ2) is 12.6. The fourth-order valence-electron chi connectivity index (χ4n) is 2.25. The van der Waals surface area contributed by atoms with E-state index in [2.05, 4.69) is 6.92 Å². The summed E-state index contributed by atoms with van der Waals surface area (Å²) in [7, 11) is 0. The molecular formula is C16H30F2O. The zero-order valence-electron chi connectivity index (χ0n) is 12.4. The zero-order valence-corrected chi connectivity index (χ0v) is 12.4. The quantitative estimate of drug-likeness (QED) is 0.284. The van der Waals surface area contributed by atoms with Gasteiger partial charge in [-0.15, -0.1) is 0 Å². The number of carbonyl (C=O) groups excluding carboxylic acids is 1. The smallest absolute Gasteiger partial charge is 0.248 e. The van der Waals surface area contributed by atoms with Crippen LogP contribution in [0.4, 0.5) is 8.78 Å². The lowest BCUT2D eigenvalue weighted by Gasteiger charge is -2.16. The van der Waals surface area contributed by atoms with E-state index in [-0.39, 0.29) is 12.8 Å². The molecule has 0 aromatic heterocycles. The topological polar surface area (TPSA) is 17.1 Å². The summed E-state index contributed by atoms with van der Waals surface area (Å²) in [6.07, 6.45) is 11.0. The van der Waals surface area contributed by atoms with Crippen molar-refractivity contribution in [1.82, 2.24) is 0 Å². The second-order valence-corrected chi connectivity index (χ2v) is 5.49. The van der Waals surface area contributed by atoms with Crippen molar-refractivity contribution in [3.63, 3.8) is 0 Å². The number of hydrogen-bond acceptors (Lipinski definition) is 1. The minimum atomic E-state index is -2.46. The standard InChI is InChI=1S/C16H30F2O/c1-2-3-4-7-10-13-16(17,18)14-11-8-5-6-9-12-15-19/h15H,2-14H2,1H3. The average molecular weight is 276 g/mol. The summed E-state index contributed by atoms with van der Waals surface area (Å²) in [5.41, 5.74) is 0. The first-order valence-electron chi connectivity index (χ1n) is 7.94. The number of alkyl halides is 2. The highest BCUT2D eigenvalue weighted by atomic mass is 19.3. The second-order valence-electron chi connectivity index (χ2n) is 5.49. The van der Waals surface area contributed by atoms with Gasteiger partial charge in [0.05, 0.1) is 0 Å². The average Bonchev–Trinajstić information content (AvgIpc) is 2.37. The fraction of sp³-hybridized carbons (Fsp3) is 0.938. The molecule has 0 aromatic carbocycles. The molecule has 0 amide bonds. The predicted molar refractivity (Wildman–Crippen MR) is 76.7 cm³/mol. The van der Waals surface area contributed by atoms with Crippen molar-refractivity contribution in [1.29, 1.82) is 0 Å². The third kappa shape index (κ3) is 13.8. The number of rotatable bonds is 14. The molecule has 0 spiro atoms. The number of unbranched alkanes of at least 4 members (excludes halogenated alkanes) is 9. The van der Waals surface area contributed by atoms with Gasteiger partial charge in [-0.2, -0.15) is 0 Å². The highest BCUT2D eigenvalue weighted by molar-refractivity contribution is 5.48. The van der Waals surface area contributed by atoms with Crippen molar-refractivity contribution in [2.24, 2.45) is 0 Å². The largest absolute Gasteiger partial charge is 0.303 e. The van der Waals surface area contributed by atoms with E-state index in [4.69, 9.17) is 0 Å². The Labute approximate surface area is 117 Å². The first-order valence-corrected chi connectivity index (χ1v) is 7.94. The molecule has 0 N–H and O–H groups in total. The molecule has 114 valence electrons. The van der Waals surface area contributed by atoms with E-state index < -0.39 is 5.92 Å². The first kappa shape index (κ1) is 18.5. The number of carbonyl (C=O) groups is 1. The highest BCUT2D eigenvalue weighted by Gasteiger charge is 2.26. The molecule has 0 aliphatic carbocycles. The SMILES string of the molecule is CCCCCCCC(F)(F)CCCCCCCC=O. The van der Waals surface area contributed by atoms with Crippen LogP contribution in [0, 0.1) is 0 Å². The van der Waals surface area contributed by atoms with Gasteiger partial charge in [-0.3, -0.25) is 0 Å². The van der Waals surface area contributed by atoms with Crippen LogP contribution in [-0.4, -0.2) is 12.2 Å². The molecule has 0 aromatic rings. The molecule has 0 saturated heterocycles. The summed E-state index contributed by atoms with van der Waals surface area (Å²) in [6, 6.07) is 0. The minimum Gasteiger partial charge on any atom is -0.303 e. The molecule has 3 heteroatoms. The molecule has 0 aliphatic heterocycles. The zero-order chi connectivity index (χ0) is 14.4. The third-order valence-corrected chi connectivity index (χ3v) is 3.51. The molecule has 0 saturated carbocycles. The minimum absolute atomic E-state index is 0.0362. The van der Waals surface area contributed by atoms with E-state index in [1.165, 1.54) is 0 Å². The summed E-state index contributed by atoms with van der Waals surface area (Å²) in [4.78, 5) is 10.1. The maximum atomic E-state index is 13.5. The molecule has 0 fully saturated rings. The van der Waals surface area contributed by atoms with E-state index in [0.717, 1.165) is 57.7 Å². The summed E-state index contributed by atoms with van der Waals surface area (Å²) < 4.78 is 27.0. The van der Waals surface area contributed by atoms with Crippen LogP contribution in [0.5, 0.6) is 0 Å². The predicted octanol–water partition coefficient (Wildman–Crippen LogP) is 5.91. The Morgan fingerprint density at radius 3 is 1.79 bits per heavy atom. The molecule has 0 aliphatic rings. The van der Waals surface area contributed by atoms with Crippen LogP contribution in [0.25, 0.3) is 0 Å². The van der Waals surface area contributed by atoms with Gasteiger partial charge in [0.1, 0.15) is 6.29 Å². The van der Waals surface area contributed by atoms with Crippen molar-refractivity contribution >= 4 is 6.29 Å². The van der Waals surface area contributed by atoms with Crippen LogP contribution in [0.15, 0.2) is 0 Å². The Morgan fingerprint density at radius 2 is 1.26 bits per heavy atom. The van der Waals surface area contributed by atoms with Crippen LogP contribution in [0.1, 0.15) is 90.4 Å². The number of aldehydes is 1. The van der Waals surface area contributed by atoms with E-state index >= 15 is 0 Å². The third-order valence-electron chi connectivity index (χ3n) is 3.51. The summed E-state index contributed by atoms with van der Waals surface area (Å²) in [5, 5.41) is 0. The Morgan fingerprint density at radius 1 is 0.789 bits per heavy atom. The molecule has 19 heavy (non-hydrogen) atoms. The van der Waals surface area contributed by atoms with Gasteiger partial charge in [-0.05, 0) is 19.3 Å². The van der Waals surface area contributed by atoms with Crippen molar-refractivity contribution in [2.75, 3.05) is 0 Å². The molecule has 0 bridgehead atoms. The molecule has 0 unspecified atom stereocenters. The summed E-state index contributed by atoms with van der Waals surface area (Å²) in [6.45, 7) is 2.13. The van der Waals surface area contributed by atoms with Crippen molar-refractivity contribution < 1.29 is 13.6 Å². The molecule has 1 nitrogen and oxygen atoms in total. The van der Waals surface area contributed by atoms with Gasteiger partial charge in [-0.1, -0.05) is 51.9 Å². The van der Waals surface area contributed by atoms with E-state index in [1.54, 1.807) is 0 Å².